The summed E-state index contributed by atoms with van der Waals surface area (Å²) in [6.07, 6.45) is 5.31. The molecule has 3 rings (SSSR count). The molecule has 1 aromatic carbocycles. The van der Waals surface area contributed by atoms with Gasteiger partial charge in [-0.15, -0.1) is 0 Å². The van der Waals surface area contributed by atoms with E-state index in [9.17, 15) is 10.2 Å². The minimum absolute atomic E-state index is 0.112. The number of hydrogen-bond acceptors (Lipinski definition) is 5. The average molecular weight is 402 g/mol. The number of rotatable bonds is 3. The second kappa shape index (κ2) is 10.8. The Labute approximate surface area is 174 Å². The van der Waals surface area contributed by atoms with Crippen molar-refractivity contribution in [1.29, 1.82) is 0 Å². The largest absolute Gasteiger partial charge is 0.491 e. The van der Waals surface area contributed by atoms with Gasteiger partial charge in [0, 0.05) is 31.4 Å². The number of aromatic nitrogens is 2. The van der Waals surface area contributed by atoms with E-state index in [-0.39, 0.29) is 6.61 Å². The zero-order chi connectivity index (χ0) is 20.6. The molecule has 0 fully saturated rings. The zero-order valence-electron chi connectivity index (χ0n) is 17.8. The van der Waals surface area contributed by atoms with Gasteiger partial charge in [0.25, 0.3) is 0 Å². The lowest BCUT2D eigenvalue weighted by Gasteiger charge is -2.26. The number of nitrogens with zero attached hydrogens (tertiary/aromatic N) is 3. The number of hydrogen-bond donors (Lipinski definition) is 2. The van der Waals surface area contributed by atoms with E-state index in [0.717, 1.165) is 63.3 Å². The number of fused-ring (bicyclic) bond motifs is 1. The summed E-state index contributed by atoms with van der Waals surface area (Å²) >= 11 is 0. The SMILES string of the molecule is CCn1cc(CN2CCCCCc3ccccc3OC[C@@H](O)[C@@H](O)CC2)c(C)n1. The Morgan fingerprint density at radius 1 is 1.10 bits per heavy atom. The molecule has 0 aliphatic carbocycles. The molecular formula is C23H35N3O3. The standard InChI is InChI=1S/C23H35N3O3/c1-3-26-16-20(18(2)24-26)15-25-13-8-4-5-9-19-10-6-7-11-23(19)29-17-22(28)21(27)12-14-25/h6-7,10-11,16,21-22,27-28H,3-5,8-9,12-15,17H2,1-2H3/t21-,22+/m0/s1. The quantitative estimate of drug-likeness (QED) is 0.828. The van der Waals surface area contributed by atoms with Crippen LogP contribution in [0.4, 0.5) is 0 Å². The fraction of sp³-hybridized carbons (Fsp3) is 0.609. The minimum atomic E-state index is -0.891. The van der Waals surface area contributed by atoms with Crippen molar-refractivity contribution in [1.82, 2.24) is 14.7 Å². The van der Waals surface area contributed by atoms with Crippen LogP contribution in [0.15, 0.2) is 30.5 Å². The summed E-state index contributed by atoms with van der Waals surface area (Å²) in [5.74, 6) is 0.820. The molecule has 2 atom stereocenters. The van der Waals surface area contributed by atoms with E-state index >= 15 is 0 Å². The number of aryl methyl sites for hydroxylation is 3. The van der Waals surface area contributed by atoms with Gasteiger partial charge in [0.15, 0.2) is 0 Å². The lowest BCUT2D eigenvalue weighted by atomic mass is 10.0. The van der Waals surface area contributed by atoms with Crippen LogP contribution >= 0.6 is 0 Å². The summed E-state index contributed by atoms with van der Waals surface area (Å²) < 4.78 is 7.81. The Bertz CT molecular complexity index is 762. The van der Waals surface area contributed by atoms with Crippen molar-refractivity contribution < 1.29 is 14.9 Å². The van der Waals surface area contributed by atoms with Gasteiger partial charge in [0.2, 0.25) is 0 Å². The molecule has 1 aromatic heterocycles. The lowest BCUT2D eigenvalue weighted by molar-refractivity contribution is -0.0163. The number of aliphatic hydroxyl groups is 2. The predicted octanol–water partition coefficient (Wildman–Crippen LogP) is 2.93. The summed E-state index contributed by atoms with van der Waals surface area (Å²) in [5, 5.41) is 25.4. The summed E-state index contributed by atoms with van der Waals surface area (Å²) in [7, 11) is 0. The molecule has 2 heterocycles. The van der Waals surface area contributed by atoms with Gasteiger partial charge in [-0.25, -0.2) is 0 Å². The van der Waals surface area contributed by atoms with Crippen LogP contribution in [0.25, 0.3) is 0 Å². The minimum Gasteiger partial charge on any atom is -0.491 e. The highest BCUT2D eigenvalue weighted by Crippen LogP contribution is 2.22. The van der Waals surface area contributed by atoms with E-state index in [0.29, 0.717) is 6.42 Å². The molecule has 1 aliphatic rings. The molecule has 2 aromatic rings. The van der Waals surface area contributed by atoms with Crippen molar-refractivity contribution in [3.63, 3.8) is 0 Å². The molecular weight excluding hydrogens is 366 g/mol. The molecule has 2 N–H and O–H groups in total. The number of para-hydroxylation sites is 1. The van der Waals surface area contributed by atoms with E-state index in [2.05, 4.69) is 36.1 Å². The van der Waals surface area contributed by atoms with Crippen molar-refractivity contribution in [2.24, 2.45) is 0 Å². The lowest BCUT2D eigenvalue weighted by Crippen LogP contribution is -2.36. The van der Waals surface area contributed by atoms with E-state index in [4.69, 9.17) is 4.74 Å². The summed E-state index contributed by atoms with van der Waals surface area (Å²) in [6.45, 7) is 7.68. The van der Waals surface area contributed by atoms with Crippen LogP contribution in [-0.2, 0) is 19.5 Å². The Morgan fingerprint density at radius 2 is 1.93 bits per heavy atom. The molecule has 0 saturated heterocycles. The molecule has 6 nitrogen and oxygen atoms in total. The maximum absolute atomic E-state index is 10.4. The summed E-state index contributed by atoms with van der Waals surface area (Å²) in [4.78, 5) is 2.38. The van der Waals surface area contributed by atoms with Crippen LogP contribution in [0.3, 0.4) is 0 Å². The van der Waals surface area contributed by atoms with Gasteiger partial charge in [-0.2, -0.15) is 5.10 Å². The van der Waals surface area contributed by atoms with Crippen LogP contribution < -0.4 is 4.74 Å². The van der Waals surface area contributed by atoms with Crippen LogP contribution in [0, 0.1) is 6.92 Å². The topological polar surface area (TPSA) is 70.8 Å². The third-order valence-electron chi connectivity index (χ3n) is 5.75. The van der Waals surface area contributed by atoms with Crippen molar-refractivity contribution in [3.8, 4) is 5.75 Å². The molecule has 0 bridgehead atoms. The van der Waals surface area contributed by atoms with Crippen LogP contribution in [0.5, 0.6) is 5.75 Å². The Hall–Kier alpha value is -1.89. The Kier molecular flexibility index (Phi) is 8.09. The second-order valence-electron chi connectivity index (χ2n) is 8.02. The van der Waals surface area contributed by atoms with Crippen molar-refractivity contribution >= 4 is 0 Å². The van der Waals surface area contributed by atoms with Gasteiger partial charge in [-0.1, -0.05) is 24.6 Å². The molecule has 0 unspecified atom stereocenters. The van der Waals surface area contributed by atoms with Crippen molar-refractivity contribution in [2.45, 2.75) is 71.2 Å². The number of aliphatic hydroxyl groups excluding tert-OH is 2. The summed E-state index contributed by atoms with van der Waals surface area (Å²) in [5.41, 5.74) is 3.47. The first-order chi connectivity index (χ1) is 14.1. The number of benzene rings is 1. The van der Waals surface area contributed by atoms with Gasteiger partial charge in [0.1, 0.15) is 18.5 Å². The monoisotopic (exact) mass is 401 g/mol. The van der Waals surface area contributed by atoms with E-state index in [1.165, 1.54) is 11.1 Å². The van der Waals surface area contributed by atoms with Gasteiger partial charge in [-0.05, 0) is 57.7 Å². The number of ether oxygens (including phenoxy) is 1. The highest BCUT2D eigenvalue weighted by atomic mass is 16.5. The van der Waals surface area contributed by atoms with Crippen molar-refractivity contribution in [2.75, 3.05) is 19.7 Å². The van der Waals surface area contributed by atoms with Gasteiger partial charge in [-0.3, -0.25) is 9.58 Å². The second-order valence-corrected chi connectivity index (χ2v) is 8.02. The third-order valence-corrected chi connectivity index (χ3v) is 5.75. The molecule has 29 heavy (non-hydrogen) atoms. The normalized spacial score (nSPS) is 22.5. The van der Waals surface area contributed by atoms with Gasteiger partial charge in [0.05, 0.1) is 11.8 Å². The molecule has 160 valence electrons. The van der Waals surface area contributed by atoms with E-state index in [1.54, 1.807) is 0 Å². The van der Waals surface area contributed by atoms with Crippen LogP contribution in [0.2, 0.25) is 0 Å². The fourth-order valence-electron chi connectivity index (χ4n) is 3.86. The highest BCUT2D eigenvalue weighted by molar-refractivity contribution is 5.33. The predicted molar refractivity (Wildman–Crippen MR) is 114 cm³/mol. The van der Waals surface area contributed by atoms with E-state index < -0.39 is 12.2 Å². The molecule has 0 spiro atoms. The molecule has 0 saturated carbocycles. The van der Waals surface area contributed by atoms with Gasteiger partial charge >= 0.3 is 0 Å². The Balaban J connectivity index is 1.66. The maximum atomic E-state index is 10.4. The zero-order valence-corrected chi connectivity index (χ0v) is 17.8. The molecule has 0 radical (unpaired) electrons. The molecule has 0 amide bonds. The average Bonchev–Trinajstić information content (AvgIpc) is 3.09. The Morgan fingerprint density at radius 3 is 2.72 bits per heavy atom. The van der Waals surface area contributed by atoms with Crippen molar-refractivity contribution in [3.05, 3.63) is 47.3 Å². The van der Waals surface area contributed by atoms with Crippen LogP contribution in [0.1, 0.15) is 49.4 Å². The smallest absolute Gasteiger partial charge is 0.122 e. The van der Waals surface area contributed by atoms with E-state index in [1.807, 2.05) is 22.9 Å². The first kappa shape index (κ1) is 21.8. The maximum Gasteiger partial charge on any atom is 0.122 e. The summed E-state index contributed by atoms with van der Waals surface area (Å²) in [6, 6.07) is 8.01. The fourth-order valence-corrected chi connectivity index (χ4v) is 3.86. The van der Waals surface area contributed by atoms with Gasteiger partial charge < -0.3 is 14.9 Å². The highest BCUT2D eigenvalue weighted by Gasteiger charge is 2.20. The third kappa shape index (κ3) is 6.29. The first-order valence-corrected chi connectivity index (χ1v) is 10.9. The first-order valence-electron chi connectivity index (χ1n) is 10.9. The molecule has 6 heteroatoms. The van der Waals surface area contributed by atoms with Crippen LogP contribution in [-0.4, -0.2) is 56.8 Å². The molecule has 1 aliphatic heterocycles.